The molecule has 2 heterocycles. The highest BCUT2D eigenvalue weighted by Crippen LogP contribution is 2.27. The van der Waals surface area contributed by atoms with E-state index in [-0.39, 0.29) is 5.41 Å². The van der Waals surface area contributed by atoms with E-state index < -0.39 is 0 Å². The highest BCUT2D eigenvalue weighted by atomic mass is 32.1. The first-order valence-electron chi connectivity index (χ1n) is 5.46. The average molecular weight is 223 g/mol. The van der Waals surface area contributed by atoms with Gasteiger partial charge in [-0.05, 0) is 41.8 Å². The molecule has 1 fully saturated rings. The molecule has 2 rings (SSSR count). The van der Waals surface area contributed by atoms with Gasteiger partial charge in [-0.2, -0.15) is 11.3 Å². The normalized spacial score (nSPS) is 25.7. The van der Waals surface area contributed by atoms with E-state index in [1.165, 1.54) is 5.56 Å². The number of carbonyl (C=O) groups excluding carboxylic acids is 1. The van der Waals surface area contributed by atoms with E-state index >= 15 is 0 Å². The van der Waals surface area contributed by atoms with Crippen LogP contribution in [0, 0.1) is 5.41 Å². The van der Waals surface area contributed by atoms with Crippen LogP contribution in [0.2, 0.25) is 0 Å². The standard InChI is InChI=1S/C12H17NOS/c1-12(5-6-13-9-12)11(14)3-2-10-4-7-15-8-10/h4,7-8,13H,2-3,5-6,9H2,1H3. The van der Waals surface area contributed by atoms with E-state index in [1.54, 1.807) is 11.3 Å². The van der Waals surface area contributed by atoms with Gasteiger partial charge in [-0.25, -0.2) is 0 Å². The minimum Gasteiger partial charge on any atom is -0.316 e. The predicted octanol–water partition coefficient (Wildman–Crippen LogP) is 2.25. The van der Waals surface area contributed by atoms with Crippen molar-refractivity contribution < 1.29 is 4.79 Å². The Balaban J connectivity index is 1.87. The minimum absolute atomic E-state index is 0.101. The van der Waals surface area contributed by atoms with Crippen molar-refractivity contribution in [3.05, 3.63) is 22.4 Å². The van der Waals surface area contributed by atoms with Gasteiger partial charge in [0.1, 0.15) is 5.78 Å². The van der Waals surface area contributed by atoms with Gasteiger partial charge in [-0.15, -0.1) is 0 Å². The van der Waals surface area contributed by atoms with Crippen molar-refractivity contribution in [2.75, 3.05) is 13.1 Å². The Bertz CT molecular complexity index is 325. The van der Waals surface area contributed by atoms with Crippen molar-refractivity contribution in [2.24, 2.45) is 5.41 Å². The molecular formula is C12H17NOS. The van der Waals surface area contributed by atoms with Gasteiger partial charge in [-0.3, -0.25) is 4.79 Å². The highest BCUT2D eigenvalue weighted by molar-refractivity contribution is 7.07. The number of carbonyl (C=O) groups is 1. The molecule has 0 aromatic carbocycles. The molecule has 1 N–H and O–H groups in total. The topological polar surface area (TPSA) is 29.1 Å². The summed E-state index contributed by atoms with van der Waals surface area (Å²) in [6.45, 7) is 3.93. The maximum atomic E-state index is 12.0. The van der Waals surface area contributed by atoms with E-state index in [2.05, 4.69) is 29.1 Å². The number of ketones is 1. The summed E-state index contributed by atoms with van der Waals surface area (Å²) >= 11 is 1.70. The van der Waals surface area contributed by atoms with Gasteiger partial charge in [0, 0.05) is 18.4 Å². The summed E-state index contributed by atoms with van der Waals surface area (Å²) in [5.74, 6) is 0.415. The Labute approximate surface area is 94.7 Å². The zero-order valence-electron chi connectivity index (χ0n) is 9.08. The smallest absolute Gasteiger partial charge is 0.140 e. The van der Waals surface area contributed by atoms with Crippen LogP contribution in [0.1, 0.15) is 25.3 Å². The quantitative estimate of drug-likeness (QED) is 0.848. The number of hydrogen-bond acceptors (Lipinski definition) is 3. The van der Waals surface area contributed by atoms with E-state index in [4.69, 9.17) is 0 Å². The maximum absolute atomic E-state index is 12.0. The molecule has 0 bridgehead atoms. The van der Waals surface area contributed by atoms with Crippen LogP contribution in [-0.4, -0.2) is 18.9 Å². The second-order valence-corrected chi connectivity index (χ2v) is 5.32. The Morgan fingerprint density at radius 3 is 3.13 bits per heavy atom. The van der Waals surface area contributed by atoms with Crippen molar-refractivity contribution in [3.63, 3.8) is 0 Å². The van der Waals surface area contributed by atoms with Gasteiger partial charge in [-0.1, -0.05) is 6.92 Å². The predicted molar refractivity (Wildman–Crippen MR) is 63.2 cm³/mol. The van der Waals surface area contributed by atoms with Crippen LogP contribution in [0.25, 0.3) is 0 Å². The molecule has 0 aliphatic carbocycles. The first-order chi connectivity index (χ1) is 7.21. The fraction of sp³-hybridized carbons (Fsp3) is 0.583. The third-order valence-electron chi connectivity index (χ3n) is 3.26. The molecule has 1 aliphatic rings. The maximum Gasteiger partial charge on any atom is 0.140 e. The van der Waals surface area contributed by atoms with E-state index in [1.807, 2.05) is 0 Å². The molecule has 1 atom stereocenters. The van der Waals surface area contributed by atoms with Crippen molar-refractivity contribution in [2.45, 2.75) is 26.2 Å². The summed E-state index contributed by atoms with van der Waals surface area (Å²) in [6, 6.07) is 2.10. The SMILES string of the molecule is CC1(C(=O)CCc2ccsc2)CCNC1. The fourth-order valence-electron chi connectivity index (χ4n) is 2.05. The summed E-state index contributed by atoms with van der Waals surface area (Å²) in [6.07, 6.45) is 2.59. The molecule has 1 aromatic rings. The molecule has 2 nitrogen and oxygen atoms in total. The summed E-state index contributed by atoms with van der Waals surface area (Å²) in [5, 5.41) is 7.46. The first kappa shape index (κ1) is 10.8. The Hall–Kier alpha value is -0.670. The number of rotatable bonds is 4. The summed E-state index contributed by atoms with van der Waals surface area (Å²) in [4.78, 5) is 12.0. The fourth-order valence-corrected chi connectivity index (χ4v) is 2.75. The van der Waals surface area contributed by atoms with Crippen LogP contribution in [0.5, 0.6) is 0 Å². The second-order valence-electron chi connectivity index (χ2n) is 4.54. The number of thiophene rings is 1. The van der Waals surface area contributed by atoms with Gasteiger partial charge in [0.25, 0.3) is 0 Å². The number of nitrogens with one attached hydrogen (secondary N) is 1. The van der Waals surface area contributed by atoms with Gasteiger partial charge in [0.05, 0.1) is 0 Å². The Kier molecular flexibility index (Phi) is 3.22. The molecule has 0 radical (unpaired) electrons. The lowest BCUT2D eigenvalue weighted by Crippen LogP contribution is -2.30. The zero-order valence-corrected chi connectivity index (χ0v) is 9.90. The summed E-state index contributed by atoms with van der Waals surface area (Å²) < 4.78 is 0. The Morgan fingerprint density at radius 1 is 1.67 bits per heavy atom. The lowest BCUT2D eigenvalue weighted by atomic mass is 9.82. The molecular weight excluding hydrogens is 206 g/mol. The number of Topliss-reactive ketones (excluding diaryl/α,β-unsaturated/α-hetero) is 1. The van der Waals surface area contributed by atoms with Crippen LogP contribution in [-0.2, 0) is 11.2 Å². The summed E-state index contributed by atoms with van der Waals surface area (Å²) in [5.41, 5.74) is 1.19. The van der Waals surface area contributed by atoms with Crippen molar-refractivity contribution >= 4 is 17.1 Å². The van der Waals surface area contributed by atoms with Crippen molar-refractivity contribution in [1.29, 1.82) is 0 Å². The molecule has 1 aromatic heterocycles. The zero-order chi connectivity index (χ0) is 10.7. The molecule has 1 aliphatic heterocycles. The van der Waals surface area contributed by atoms with E-state index in [9.17, 15) is 4.79 Å². The van der Waals surface area contributed by atoms with E-state index in [0.717, 1.165) is 25.9 Å². The van der Waals surface area contributed by atoms with Crippen LogP contribution >= 0.6 is 11.3 Å². The summed E-state index contributed by atoms with van der Waals surface area (Å²) in [7, 11) is 0. The molecule has 15 heavy (non-hydrogen) atoms. The van der Waals surface area contributed by atoms with Crippen LogP contribution in [0.3, 0.4) is 0 Å². The largest absolute Gasteiger partial charge is 0.316 e. The molecule has 0 amide bonds. The van der Waals surface area contributed by atoms with Crippen molar-refractivity contribution in [1.82, 2.24) is 5.32 Å². The van der Waals surface area contributed by atoms with Gasteiger partial charge < -0.3 is 5.32 Å². The number of aryl methyl sites for hydroxylation is 1. The third kappa shape index (κ3) is 2.47. The van der Waals surface area contributed by atoms with Crippen molar-refractivity contribution in [3.8, 4) is 0 Å². The molecule has 0 spiro atoms. The second kappa shape index (κ2) is 4.45. The average Bonchev–Trinajstić information content (AvgIpc) is 2.85. The molecule has 1 saturated heterocycles. The molecule has 1 unspecified atom stereocenters. The van der Waals surface area contributed by atoms with Gasteiger partial charge >= 0.3 is 0 Å². The Morgan fingerprint density at radius 2 is 2.53 bits per heavy atom. The minimum atomic E-state index is -0.101. The van der Waals surface area contributed by atoms with Crippen LogP contribution in [0.15, 0.2) is 16.8 Å². The number of hydrogen-bond donors (Lipinski definition) is 1. The van der Waals surface area contributed by atoms with Gasteiger partial charge in [0.2, 0.25) is 0 Å². The van der Waals surface area contributed by atoms with E-state index in [0.29, 0.717) is 12.2 Å². The van der Waals surface area contributed by atoms with Crippen LogP contribution < -0.4 is 5.32 Å². The third-order valence-corrected chi connectivity index (χ3v) is 3.99. The molecule has 3 heteroatoms. The monoisotopic (exact) mass is 223 g/mol. The molecule has 0 saturated carbocycles. The van der Waals surface area contributed by atoms with Gasteiger partial charge in [0.15, 0.2) is 0 Å². The first-order valence-corrected chi connectivity index (χ1v) is 6.40. The lowest BCUT2D eigenvalue weighted by molar-refractivity contribution is -0.126. The van der Waals surface area contributed by atoms with Crippen LogP contribution in [0.4, 0.5) is 0 Å². The lowest BCUT2D eigenvalue weighted by Gasteiger charge is -2.20. The highest BCUT2D eigenvalue weighted by Gasteiger charge is 2.35. The molecule has 82 valence electrons.